The quantitative estimate of drug-likeness (QED) is 0.522. The summed E-state index contributed by atoms with van der Waals surface area (Å²) >= 11 is 0. The summed E-state index contributed by atoms with van der Waals surface area (Å²) in [5, 5.41) is 0. The predicted octanol–water partition coefficient (Wildman–Crippen LogP) is 2.55. The molecule has 0 spiro atoms. The normalized spacial score (nSPS) is 11.4. The van der Waals surface area contributed by atoms with Crippen molar-refractivity contribution < 1.29 is 22.7 Å². The first-order valence-corrected chi connectivity index (χ1v) is 9.61. The molecular formula is C19H23NO5S. The molecule has 7 heteroatoms. The van der Waals surface area contributed by atoms with Gasteiger partial charge in [-0.05, 0) is 38.1 Å². The zero-order valence-corrected chi connectivity index (χ0v) is 16.0. The molecule has 2 rings (SSSR count). The van der Waals surface area contributed by atoms with Crippen molar-refractivity contribution in [1.82, 2.24) is 4.31 Å². The van der Waals surface area contributed by atoms with Crippen molar-refractivity contribution in [2.45, 2.75) is 18.7 Å². The highest BCUT2D eigenvalue weighted by atomic mass is 32.2. The van der Waals surface area contributed by atoms with Gasteiger partial charge in [0, 0.05) is 7.05 Å². The number of ether oxygens (including phenoxy) is 2. The van der Waals surface area contributed by atoms with E-state index in [0.717, 1.165) is 15.4 Å². The number of nitrogens with zero attached hydrogens (tertiary/aromatic N) is 1. The lowest BCUT2D eigenvalue weighted by Gasteiger charge is -2.16. The van der Waals surface area contributed by atoms with Crippen molar-refractivity contribution in [2.24, 2.45) is 0 Å². The Morgan fingerprint density at radius 2 is 1.46 bits per heavy atom. The summed E-state index contributed by atoms with van der Waals surface area (Å²) in [6, 6.07) is 14.0. The number of benzene rings is 2. The fourth-order valence-electron chi connectivity index (χ4n) is 2.15. The van der Waals surface area contributed by atoms with Gasteiger partial charge in [-0.15, -0.1) is 0 Å². The van der Waals surface area contributed by atoms with Crippen molar-refractivity contribution in [3.63, 3.8) is 0 Å². The Balaban J connectivity index is 1.79. The molecule has 0 amide bonds. The number of rotatable bonds is 8. The standard InChI is InChI=1S/C19H23NO5S/c1-15-4-8-17(9-5-15)24-12-13-25-19(21)14-20(3)26(22,23)18-10-6-16(2)7-11-18/h4-11H,12-14H2,1-3H3. The molecule has 0 unspecified atom stereocenters. The van der Waals surface area contributed by atoms with Gasteiger partial charge in [-0.1, -0.05) is 35.4 Å². The van der Waals surface area contributed by atoms with Gasteiger partial charge in [0.25, 0.3) is 0 Å². The SMILES string of the molecule is Cc1ccc(OCCOC(=O)CN(C)S(=O)(=O)c2ccc(C)cc2)cc1. The molecule has 0 bridgehead atoms. The van der Waals surface area contributed by atoms with E-state index < -0.39 is 16.0 Å². The molecule has 0 saturated heterocycles. The maximum absolute atomic E-state index is 12.4. The average Bonchev–Trinajstić information content (AvgIpc) is 2.60. The van der Waals surface area contributed by atoms with Crippen LogP contribution in [0.15, 0.2) is 53.4 Å². The summed E-state index contributed by atoms with van der Waals surface area (Å²) in [4.78, 5) is 12.0. The van der Waals surface area contributed by atoms with E-state index in [1.165, 1.54) is 19.2 Å². The number of esters is 1. The Hall–Kier alpha value is -2.38. The summed E-state index contributed by atoms with van der Waals surface area (Å²) < 4.78 is 36.3. The van der Waals surface area contributed by atoms with Crippen LogP contribution in [-0.2, 0) is 19.6 Å². The molecule has 0 radical (unpaired) electrons. The predicted molar refractivity (Wildman–Crippen MR) is 98.6 cm³/mol. The molecular weight excluding hydrogens is 354 g/mol. The Bertz CT molecular complexity index is 829. The fraction of sp³-hybridized carbons (Fsp3) is 0.316. The van der Waals surface area contributed by atoms with Gasteiger partial charge in [0.05, 0.1) is 4.90 Å². The van der Waals surface area contributed by atoms with E-state index in [1.807, 2.05) is 38.1 Å². The molecule has 6 nitrogen and oxygen atoms in total. The monoisotopic (exact) mass is 377 g/mol. The first-order valence-electron chi connectivity index (χ1n) is 8.17. The van der Waals surface area contributed by atoms with E-state index in [0.29, 0.717) is 5.75 Å². The Kier molecular flexibility index (Phi) is 6.76. The number of sulfonamides is 1. The lowest BCUT2D eigenvalue weighted by molar-refractivity contribution is -0.144. The van der Waals surface area contributed by atoms with Crippen LogP contribution < -0.4 is 4.74 Å². The van der Waals surface area contributed by atoms with Crippen LogP contribution in [0, 0.1) is 13.8 Å². The fourth-order valence-corrected chi connectivity index (χ4v) is 3.27. The molecule has 0 atom stereocenters. The first-order chi connectivity index (χ1) is 12.3. The molecule has 0 aliphatic rings. The molecule has 140 valence electrons. The topological polar surface area (TPSA) is 72.9 Å². The number of aryl methyl sites for hydroxylation is 2. The highest BCUT2D eigenvalue weighted by molar-refractivity contribution is 7.89. The van der Waals surface area contributed by atoms with Crippen LogP contribution in [0.4, 0.5) is 0 Å². The van der Waals surface area contributed by atoms with E-state index in [2.05, 4.69) is 0 Å². The van der Waals surface area contributed by atoms with Gasteiger partial charge in [-0.3, -0.25) is 4.79 Å². The molecule has 0 heterocycles. The van der Waals surface area contributed by atoms with E-state index >= 15 is 0 Å². The Morgan fingerprint density at radius 3 is 2.04 bits per heavy atom. The van der Waals surface area contributed by atoms with Crippen LogP contribution >= 0.6 is 0 Å². The van der Waals surface area contributed by atoms with Gasteiger partial charge in [-0.2, -0.15) is 4.31 Å². The Labute approximate surface area is 154 Å². The Morgan fingerprint density at radius 1 is 0.923 bits per heavy atom. The molecule has 0 aliphatic carbocycles. The second-order valence-electron chi connectivity index (χ2n) is 5.96. The number of carbonyl (C=O) groups excluding carboxylic acids is 1. The van der Waals surface area contributed by atoms with Gasteiger partial charge in [0.1, 0.15) is 25.5 Å². The van der Waals surface area contributed by atoms with E-state index in [-0.39, 0.29) is 24.7 Å². The second kappa shape index (κ2) is 8.82. The molecule has 26 heavy (non-hydrogen) atoms. The molecule has 2 aromatic rings. The summed E-state index contributed by atoms with van der Waals surface area (Å²) in [5.74, 6) is 0.0569. The molecule has 0 saturated carbocycles. The number of carbonyl (C=O) groups is 1. The van der Waals surface area contributed by atoms with E-state index in [9.17, 15) is 13.2 Å². The van der Waals surface area contributed by atoms with Crippen LogP contribution in [0.1, 0.15) is 11.1 Å². The lowest BCUT2D eigenvalue weighted by atomic mass is 10.2. The number of hydrogen-bond donors (Lipinski definition) is 0. The minimum Gasteiger partial charge on any atom is -0.490 e. The smallest absolute Gasteiger partial charge is 0.321 e. The minimum absolute atomic E-state index is 0.0468. The third-order valence-electron chi connectivity index (χ3n) is 3.72. The summed E-state index contributed by atoms with van der Waals surface area (Å²) in [6.07, 6.45) is 0. The van der Waals surface area contributed by atoms with Gasteiger partial charge in [-0.25, -0.2) is 8.42 Å². The van der Waals surface area contributed by atoms with Gasteiger partial charge in [0.15, 0.2) is 0 Å². The summed E-state index contributed by atoms with van der Waals surface area (Å²) in [6.45, 7) is 3.73. The molecule has 0 fully saturated rings. The van der Waals surface area contributed by atoms with Crippen LogP contribution in [0.2, 0.25) is 0 Å². The molecule has 0 aromatic heterocycles. The number of likely N-dealkylation sites (N-methyl/N-ethyl adjacent to an activating group) is 1. The van der Waals surface area contributed by atoms with Gasteiger partial charge < -0.3 is 9.47 Å². The molecule has 2 aromatic carbocycles. The molecule has 0 aliphatic heterocycles. The second-order valence-corrected chi connectivity index (χ2v) is 8.00. The van der Waals surface area contributed by atoms with Crippen molar-refractivity contribution in [3.8, 4) is 5.75 Å². The lowest BCUT2D eigenvalue weighted by Crippen LogP contribution is -2.33. The molecule has 0 N–H and O–H groups in total. The highest BCUT2D eigenvalue weighted by Gasteiger charge is 2.23. The highest BCUT2D eigenvalue weighted by Crippen LogP contribution is 2.15. The van der Waals surface area contributed by atoms with Crippen molar-refractivity contribution in [1.29, 1.82) is 0 Å². The largest absolute Gasteiger partial charge is 0.490 e. The van der Waals surface area contributed by atoms with Crippen LogP contribution in [0.5, 0.6) is 5.75 Å². The maximum atomic E-state index is 12.4. The van der Waals surface area contributed by atoms with Crippen LogP contribution in [0.25, 0.3) is 0 Å². The van der Waals surface area contributed by atoms with Crippen LogP contribution in [-0.4, -0.2) is 45.5 Å². The van der Waals surface area contributed by atoms with Crippen molar-refractivity contribution in [2.75, 3.05) is 26.8 Å². The minimum atomic E-state index is -3.73. The van der Waals surface area contributed by atoms with Crippen molar-refractivity contribution in [3.05, 3.63) is 59.7 Å². The summed E-state index contributed by atoms with van der Waals surface area (Å²) in [5.41, 5.74) is 2.08. The zero-order valence-electron chi connectivity index (χ0n) is 15.1. The third-order valence-corrected chi connectivity index (χ3v) is 5.53. The maximum Gasteiger partial charge on any atom is 0.321 e. The average molecular weight is 377 g/mol. The summed E-state index contributed by atoms with van der Waals surface area (Å²) in [7, 11) is -2.38. The number of hydrogen-bond acceptors (Lipinski definition) is 5. The van der Waals surface area contributed by atoms with Gasteiger partial charge >= 0.3 is 5.97 Å². The zero-order chi connectivity index (χ0) is 19.2. The first kappa shape index (κ1) is 19.9. The van der Waals surface area contributed by atoms with E-state index in [1.54, 1.807) is 12.1 Å². The van der Waals surface area contributed by atoms with Crippen molar-refractivity contribution >= 4 is 16.0 Å². The third kappa shape index (κ3) is 5.57. The van der Waals surface area contributed by atoms with Gasteiger partial charge in [0.2, 0.25) is 10.0 Å². The van der Waals surface area contributed by atoms with Crippen LogP contribution in [0.3, 0.4) is 0 Å². The van der Waals surface area contributed by atoms with E-state index in [4.69, 9.17) is 9.47 Å².